The number of pyridine rings is 4. The van der Waals surface area contributed by atoms with Crippen molar-refractivity contribution in [3.63, 3.8) is 0 Å². The Morgan fingerprint density at radius 2 is 0.700 bits per heavy atom. The van der Waals surface area contributed by atoms with Crippen LogP contribution in [0.3, 0.4) is 0 Å². The molecule has 0 saturated carbocycles. The molecule has 0 radical (unpaired) electrons. The van der Waals surface area contributed by atoms with Crippen LogP contribution in [0.1, 0.15) is 98.6 Å². The third kappa shape index (κ3) is 16.5. The minimum Gasteiger partial charge on any atom is -0.200 e. The molecule has 2 atom stereocenters. The Kier molecular flexibility index (Phi) is 17.7. The zero-order chi connectivity index (χ0) is 72.5. The molecule has 0 fully saturated rings. The van der Waals surface area contributed by atoms with E-state index in [4.69, 9.17) is 13.7 Å². The van der Waals surface area contributed by atoms with Crippen LogP contribution in [0.25, 0.3) is 89.5 Å². The maximum Gasteiger partial charge on any atom is 0.212 e. The van der Waals surface area contributed by atoms with Gasteiger partial charge in [0.05, 0.1) is 0 Å². The second kappa shape index (κ2) is 30.5. The molecule has 452 valence electrons. The van der Waals surface area contributed by atoms with Crippen molar-refractivity contribution in [2.75, 3.05) is 0 Å². The van der Waals surface area contributed by atoms with E-state index in [0.717, 1.165) is 52.5 Å². The molecule has 2 unspecified atom stereocenters. The molecule has 4 nitrogen and oxygen atoms in total. The van der Waals surface area contributed by atoms with Crippen LogP contribution < -0.4 is 18.3 Å². The summed E-state index contributed by atoms with van der Waals surface area (Å²) < 4.78 is 87.3. The maximum absolute atomic E-state index is 8.32. The maximum atomic E-state index is 8.32. The van der Waals surface area contributed by atoms with Crippen molar-refractivity contribution >= 4 is 0 Å². The predicted molar refractivity (Wildman–Crippen MR) is 380 cm³/mol. The molecule has 0 amide bonds. The molecule has 0 aliphatic carbocycles. The van der Waals surface area contributed by atoms with Crippen molar-refractivity contribution in [2.24, 2.45) is 34.1 Å². The van der Waals surface area contributed by atoms with Gasteiger partial charge in [0.25, 0.3) is 0 Å². The number of aromatic nitrogens is 4. The minimum atomic E-state index is -2.74. The summed E-state index contributed by atoms with van der Waals surface area (Å²) in [6.45, 7) is 10.3. The SMILES string of the molecule is CCc1cccc(-c2ccc(-c3ccccc3C)[n+](C)c2)c1.Cc1cccc(-c2ccc(-c3ccccc3C)[n+](C)c2)c1.[2H]C([2H])([2H])C([2H])(C)C([2H])([2H])c1ccc(-c2ccc(-c3ccccc3C)[n+](C)c2)cc1.[2H]C([2H])([2H])C([2H])(C)c1cccc(-c2ccc(-c3ccccc3C)[n+](C)c2)c1. The molecular formula is C86H92N4+4. The number of hydrogen-bond acceptors (Lipinski definition) is 0. The molecule has 0 aliphatic heterocycles. The van der Waals surface area contributed by atoms with Gasteiger partial charge in [-0.1, -0.05) is 210 Å². The molecule has 0 aliphatic rings. The van der Waals surface area contributed by atoms with Gasteiger partial charge in [-0.05, 0) is 169 Å². The van der Waals surface area contributed by atoms with Crippen molar-refractivity contribution in [1.82, 2.24) is 0 Å². The van der Waals surface area contributed by atoms with Gasteiger partial charge in [-0.15, -0.1) is 0 Å². The van der Waals surface area contributed by atoms with E-state index in [1.54, 1.807) is 30.3 Å². The van der Waals surface area contributed by atoms with E-state index < -0.39 is 31.9 Å². The molecule has 4 heteroatoms. The Bertz CT molecular complexity index is 4840. The van der Waals surface area contributed by atoms with Crippen molar-refractivity contribution in [2.45, 2.75) is 87.8 Å². The summed E-state index contributed by atoms with van der Waals surface area (Å²) in [5.41, 5.74) is 26.8. The monoisotopic (exact) mass is 1190 g/mol. The van der Waals surface area contributed by atoms with E-state index in [1.165, 1.54) is 90.6 Å². The topological polar surface area (TPSA) is 15.5 Å². The van der Waals surface area contributed by atoms with Crippen LogP contribution in [-0.4, -0.2) is 0 Å². The van der Waals surface area contributed by atoms with Crippen molar-refractivity contribution < 1.29 is 32.0 Å². The Morgan fingerprint density at radius 1 is 0.344 bits per heavy atom. The van der Waals surface area contributed by atoms with E-state index in [9.17, 15) is 0 Å². The van der Waals surface area contributed by atoms with E-state index >= 15 is 0 Å². The predicted octanol–water partition coefficient (Wildman–Crippen LogP) is 19.8. The van der Waals surface area contributed by atoms with Crippen LogP contribution in [0, 0.1) is 40.5 Å². The van der Waals surface area contributed by atoms with Gasteiger partial charge < -0.3 is 0 Å². The Morgan fingerprint density at radius 3 is 1.07 bits per heavy atom. The first-order chi connectivity index (χ1) is 47.3. The van der Waals surface area contributed by atoms with Crippen LogP contribution in [0.15, 0.2) is 267 Å². The lowest BCUT2D eigenvalue weighted by atomic mass is 9.97. The molecule has 0 bridgehead atoms. The molecule has 8 aromatic carbocycles. The summed E-state index contributed by atoms with van der Waals surface area (Å²) in [6.07, 6.45) is 7.23. The van der Waals surface area contributed by atoms with Gasteiger partial charge in [0.2, 0.25) is 22.8 Å². The third-order valence-electron chi connectivity index (χ3n) is 16.4. The van der Waals surface area contributed by atoms with Gasteiger partial charge in [-0.3, -0.25) is 0 Å². The number of nitrogens with zero attached hydrogens (tertiary/aromatic N) is 4. The van der Waals surface area contributed by atoms with E-state index in [0.29, 0.717) is 5.56 Å². The first-order valence-corrected chi connectivity index (χ1v) is 30.9. The Labute approximate surface area is 552 Å². The summed E-state index contributed by atoms with van der Waals surface area (Å²) in [5.74, 6) is -3.91. The molecule has 12 rings (SSSR count). The summed E-state index contributed by atoms with van der Waals surface area (Å²) in [5, 5.41) is 0. The number of benzene rings is 8. The van der Waals surface area contributed by atoms with Gasteiger partial charge >= 0.3 is 0 Å². The second-order valence-electron chi connectivity index (χ2n) is 23.4. The van der Waals surface area contributed by atoms with E-state index in [-0.39, 0.29) is 5.56 Å². The zero-order valence-electron chi connectivity index (χ0n) is 64.4. The van der Waals surface area contributed by atoms with Crippen molar-refractivity contribution in [1.29, 1.82) is 0 Å². The molecule has 0 N–H and O–H groups in total. The van der Waals surface area contributed by atoms with Crippen LogP contribution in [0.2, 0.25) is 0 Å². The van der Waals surface area contributed by atoms with Gasteiger partial charge in [0.15, 0.2) is 24.8 Å². The highest BCUT2D eigenvalue weighted by Crippen LogP contribution is 2.30. The average molecular weight is 1190 g/mol. The molecular weight excluding hydrogens is 1090 g/mol. The summed E-state index contributed by atoms with van der Waals surface area (Å²) in [6, 6.07) is 81.9. The highest BCUT2D eigenvalue weighted by atomic mass is 14.9. The fourth-order valence-electron chi connectivity index (χ4n) is 11.4. The van der Waals surface area contributed by atoms with Gasteiger partial charge in [0, 0.05) is 82.5 Å². The quantitative estimate of drug-likeness (QED) is 0.108. The lowest BCUT2D eigenvalue weighted by Gasteiger charge is -2.09. The molecule has 0 saturated heterocycles. The van der Waals surface area contributed by atoms with Gasteiger partial charge in [0.1, 0.15) is 28.2 Å². The smallest absolute Gasteiger partial charge is 0.200 e. The lowest BCUT2D eigenvalue weighted by molar-refractivity contribution is -0.660. The summed E-state index contributed by atoms with van der Waals surface area (Å²) >= 11 is 0. The largest absolute Gasteiger partial charge is 0.212 e. The van der Waals surface area contributed by atoms with Crippen LogP contribution >= 0.6 is 0 Å². The second-order valence-corrected chi connectivity index (χ2v) is 23.4. The Hall–Kier alpha value is -9.64. The van der Waals surface area contributed by atoms with Crippen molar-refractivity contribution in [3.8, 4) is 89.5 Å². The number of aryl methyl sites for hydroxylation is 10. The number of hydrogen-bond donors (Lipinski definition) is 0. The van der Waals surface area contributed by atoms with E-state index in [1.807, 2.05) is 81.1 Å². The van der Waals surface area contributed by atoms with Gasteiger partial charge in [-0.2, -0.15) is 0 Å². The fourth-order valence-corrected chi connectivity index (χ4v) is 11.4. The highest BCUT2D eigenvalue weighted by Gasteiger charge is 2.18. The van der Waals surface area contributed by atoms with Crippen molar-refractivity contribution in [3.05, 3.63) is 312 Å². The van der Waals surface area contributed by atoms with Crippen LogP contribution in [0.5, 0.6) is 0 Å². The van der Waals surface area contributed by atoms with Crippen LogP contribution in [0.4, 0.5) is 0 Å². The lowest BCUT2D eigenvalue weighted by Crippen LogP contribution is -2.30. The average Bonchev–Trinajstić information content (AvgIpc) is 0.760. The third-order valence-corrected chi connectivity index (χ3v) is 16.4. The molecule has 12 aromatic rings. The molecule has 0 spiro atoms. The summed E-state index contributed by atoms with van der Waals surface area (Å²) in [7, 11) is 8.22. The Balaban J connectivity index is 0.000000157. The fraction of sp³-hybridized carbons (Fsp3) is 0.209. The molecule has 4 aromatic heterocycles. The standard InChI is InChI=1S/C23H26N.C22H24N.C21H22N.C20H20N/c1-17(2)15-19-9-11-20(12-10-19)21-13-14-23(24(4)16-21)22-8-6-5-7-18(22)3;1-16(2)18-9-7-10-19(14-18)20-12-13-22(23(4)15-20)21-11-6-5-8-17(21)3;1-4-17-9-7-10-18(14-17)19-12-13-21(22(3)15-19)20-11-6-5-8-16(20)2;1-15-7-6-9-17(13-15)18-11-12-20(21(3)14-18)19-10-5-4-8-16(19)2/h5-14,16-17H,15H2,1-4H3;5-16H,1-4H3;5-15H,4H2,1-3H3;4-14H,1-3H3/q4*+1/i1D3,15D2,17D;1D3,16D;;. The first-order valence-electron chi connectivity index (χ1n) is 35.9. The summed E-state index contributed by atoms with van der Waals surface area (Å²) in [4.78, 5) is 0. The first kappa shape index (κ1) is 52.3. The number of rotatable bonds is 12. The molecule has 90 heavy (non-hydrogen) atoms. The highest BCUT2D eigenvalue weighted by molar-refractivity contribution is 5.71. The molecule has 4 heterocycles. The zero-order valence-corrected chi connectivity index (χ0v) is 54.4. The van der Waals surface area contributed by atoms with E-state index in [2.05, 4.69) is 244 Å². The van der Waals surface area contributed by atoms with Crippen LogP contribution in [-0.2, 0) is 41.0 Å². The minimum absolute atomic E-state index is 0.181. The normalized spacial score (nSPS) is 14.2. The van der Waals surface area contributed by atoms with Gasteiger partial charge in [-0.25, -0.2) is 18.3 Å².